The van der Waals surface area contributed by atoms with Gasteiger partial charge in [-0.2, -0.15) is 0 Å². The lowest BCUT2D eigenvalue weighted by Crippen LogP contribution is -2.30. The zero-order chi connectivity index (χ0) is 18.6. The summed E-state index contributed by atoms with van der Waals surface area (Å²) in [6, 6.07) is 6.46. The third-order valence-electron chi connectivity index (χ3n) is 3.14. The van der Waals surface area contributed by atoms with Crippen molar-refractivity contribution < 1.29 is 19.2 Å². The second kappa shape index (κ2) is 7.58. The van der Waals surface area contributed by atoms with Crippen LogP contribution in [0.4, 0.5) is 17.1 Å². The molecule has 9 nitrogen and oxygen atoms in total. The maximum absolute atomic E-state index is 12.1. The van der Waals surface area contributed by atoms with Crippen LogP contribution in [0.15, 0.2) is 36.5 Å². The van der Waals surface area contributed by atoms with Crippen LogP contribution in [0.3, 0.4) is 0 Å². The fraction of sp³-hybridized carbons (Fsp3) is 0.133. The molecule has 10 heteroatoms. The van der Waals surface area contributed by atoms with E-state index in [4.69, 9.17) is 22.1 Å². The van der Waals surface area contributed by atoms with Gasteiger partial charge in [0.1, 0.15) is 0 Å². The number of carbonyl (C=O) groups excluding carboxylic acids is 2. The maximum Gasteiger partial charge on any atom is 0.341 e. The maximum atomic E-state index is 12.1. The lowest BCUT2D eigenvalue weighted by atomic mass is 10.1. The molecule has 1 amide bonds. The van der Waals surface area contributed by atoms with Gasteiger partial charge in [0.2, 0.25) is 0 Å². The van der Waals surface area contributed by atoms with Gasteiger partial charge in [0.25, 0.3) is 11.6 Å². The Labute approximate surface area is 146 Å². The molecule has 130 valence electrons. The van der Waals surface area contributed by atoms with Gasteiger partial charge >= 0.3 is 5.97 Å². The largest absolute Gasteiger partial charge is 0.449 e. The first-order valence-corrected chi connectivity index (χ1v) is 7.33. The molecule has 1 aromatic heterocycles. The molecular formula is C15H13ClN4O5. The van der Waals surface area contributed by atoms with Gasteiger partial charge in [-0.05, 0) is 25.1 Å². The first-order chi connectivity index (χ1) is 11.8. The van der Waals surface area contributed by atoms with Crippen LogP contribution in [0.2, 0.25) is 5.15 Å². The standard InChI is InChI=1S/C15H13ClN4O5/c1-8(14(21)19-12-3-2-6-18-13(12)16)25-15(22)10-7-9(20(23)24)4-5-11(10)17/h2-8H,17H2,1H3,(H,19,21)/t8-/m1/s1. The number of benzene rings is 1. The summed E-state index contributed by atoms with van der Waals surface area (Å²) >= 11 is 5.83. The van der Waals surface area contributed by atoms with Crippen molar-refractivity contribution in [1.29, 1.82) is 0 Å². The summed E-state index contributed by atoms with van der Waals surface area (Å²) in [5.41, 5.74) is 5.37. The van der Waals surface area contributed by atoms with E-state index in [1.165, 1.54) is 25.3 Å². The molecule has 2 aromatic rings. The van der Waals surface area contributed by atoms with Gasteiger partial charge in [-0.25, -0.2) is 9.78 Å². The smallest absolute Gasteiger partial charge is 0.341 e. The SMILES string of the molecule is C[C@@H](OC(=O)c1cc([N+](=O)[O-])ccc1N)C(=O)Nc1cccnc1Cl. The number of amides is 1. The van der Waals surface area contributed by atoms with Crippen LogP contribution < -0.4 is 11.1 Å². The minimum atomic E-state index is -1.19. The minimum Gasteiger partial charge on any atom is -0.449 e. The summed E-state index contributed by atoms with van der Waals surface area (Å²) in [5, 5.41) is 13.3. The van der Waals surface area contributed by atoms with Gasteiger partial charge in [-0.15, -0.1) is 0 Å². The van der Waals surface area contributed by atoms with Gasteiger partial charge in [0.15, 0.2) is 11.3 Å². The number of nitrogen functional groups attached to an aromatic ring is 1. The van der Waals surface area contributed by atoms with Crippen molar-refractivity contribution in [3.8, 4) is 0 Å². The van der Waals surface area contributed by atoms with Crippen molar-refractivity contribution in [1.82, 2.24) is 4.98 Å². The summed E-state index contributed by atoms with van der Waals surface area (Å²) in [6.07, 6.45) is 0.259. The third-order valence-corrected chi connectivity index (χ3v) is 3.44. The Balaban J connectivity index is 2.09. The van der Waals surface area contributed by atoms with Crippen LogP contribution in [-0.2, 0) is 9.53 Å². The molecule has 0 radical (unpaired) electrons. The number of hydrogen-bond acceptors (Lipinski definition) is 7. The van der Waals surface area contributed by atoms with Crippen LogP contribution in [0.5, 0.6) is 0 Å². The second-order valence-corrected chi connectivity index (χ2v) is 5.27. The number of pyridine rings is 1. The topological polar surface area (TPSA) is 137 Å². The third kappa shape index (κ3) is 4.42. The average Bonchev–Trinajstić information content (AvgIpc) is 2.56. The van der Waals surface area contributed by atoms with Crippen molar-refractivity contribution in [3.63, 3.8) is 0 Å². The number of aromatic nitrogens is 1. The van der Waals surface area contributed by atoms with Gasteiger partial charge < -0.3 is 15.8 Å². The monoisotopic (exact) mass is 364 g/mol. The molecule has 0 bridgehead atoms. The number of nitro benzene ring substituents is 1. The highest BCUT2D eigenvalue weighted by atomic mass is 35.5. The van der Waals surface area contributed by atoms with Gasteiger partial charge in [-0.1, -0.05) is 11.6 Å². The number of hydrogen-bond donors (Lipinski definition) is 2. The molecule has 0 aliphatic rings. The Hall–Kier alpha value is -3.20. The highest BCUT2D eigenvalue weighted by Crippen LogP contribution is 2.22. The van der Waals surface area contributed by atoms with Crippen molar-refractivity contribution in [2.45, 2.75) is 13.0 Å². The van der Waals surface area contributed by atoms with Crippen LogP contribution in [-0.4, -0.2) is 27.9 Å². The molecule has 0 saturated heterocycles. The van der Waals surface area contributed by atoms with E-state index in [2.05, 4.69) is 10.3 Å². The zero-order valence-corrected chi connectivity index (χ0v) is 13.7. The predicted octanol–water partition coefficient (Wildman–Crippen LogP) is 2.41. The molecule has 3 N–H and O–H groups in total. The Kier molecular flexibility index (Phi) is 5.50. The van der Waals surface area contributed by atoms with E-state index < -0.39 is 22.9 Å². The molecule has 0 aliphatic heterocycles. The molecule has 0 aliphatic carbocycles. The summed E-state index contributed by atoms with van der Waals surface area (Å²) in [6.45, 7) is 1.34. The number of non-ortho nitro benzene ring substituents is 1. The number of anilines is 2. The minimum absolute atomic E-state index is 0.00138. The Morgan fingerprint density at radius 3 is 2.76 bits per heavy atom. The van der Waals surface area contributed by atoms with Crippen molar-refractivity contribution in [3.05, 3.63) is 57.4 Å². The fourth-order valence-corrected chi connectivity index (χ4v) is 1.99. The van der Waals surface area contributed by atoms with Crippen molar-refractivity contribution >= 4 is 40.5 Å². The van der Waals surface area contributed by atoms with E-state index in [9.17, 15) is 19.7 Å². The Morgan fingerprint density at radius 2 is 2.12 bits per heavy atom. The fourth-order valence-electron chi connectivity index (χ4n) is 1.83. The molecule has 1 aromatic carbocycles. The summed E-state index contributed by atoms with van der Waals surface area (Å²) in [4.78, 5) is 38.1. The molecule has 25 heavy (non-hydrogen) atoms. The van der Waals surface area contributed by atoms with Crippen molar-refractivity contribution in [2.24, 2.45) is 0 Å². The van der Waals surface area contributed by atoms with E-state index in [1.54, 1.807) is 6.07 Å². The summed E-state index contributed by atoms with van der Waals surface area (Å²) in [5.74, 6) is -1.60. The molecule has 2 rings (SSSR count). The molecule has 0 spiro atoms. The molecule has 0 fully saturated rings. The Bertz CT molecular complexity index is 842. The quantitative estimate of drug-likeness (QED) is 0.273. The number of carbonyl (C=O) groups is 2. The van der Waals surface area contributed by atoms with Crippen LogP contribution in [0.25, 0.3) is 0 Å². The lowest BCUT2D eigenvalue weighted by Gasteiger charge is -2.14. The van der Waals surface area contributed by atoms with E-state index in [0.717, 1.165) is 12.1 Å². The molecular weight excluding hydrogens is 352 g/mol. The number of ether oxygens (including phenoxy) is 1. The highest BCUT2D eigenvalue weighted by molar-refractivity contribution is 6.32. The first-order valence-electron chi connectivity index (χ1n) is 6.96. The van der Waals surface area contributed by atoms with Gasteiger partial charge in [-0.3, -0.25) is 14.9 Å². The van der Waals surface area contributed by atoms with Crippen LogP contribution in [0.1, 0.15) is 17.3 Å². The van der Waals surface area contributed by atoms with Crippen LogP contribution >= 0.6 is 11.6 Å². The number of nitrogens with zero attached hydrogens (tertiary/aromatic N) is 2. The molecule has 0 unspecified atom stereocenters. The second-order valence-electron chi connectivity index (χ2n) is 4.91. The van der Waals surface area contributed by atoms with E-state index in [1.807, 2.05) is 0 Å². The van der Waals surface area contributed by atoms with E-state index in [-0.39, 0.29) is 27.8 Å². The number of nitrogens with one attached hydrogen (secondary N) is 1. The predicted molar refractivity (Wildman–Crippen MR) is 90.3 cm³/mol. The molecule has 0 saturated carbocycles. The zero-order valence-electron chi connectivity index (χ0n) is 12.9. The average molecular weight is 365 g/mol. The number of rotatable bonds is 5. The van der Waals surface area contributed by atoms with Crippen LogP contribution in [0, 0.1) is 10.1 Å². The number of nitrogens with two attached hydrogens (primary N) is 1. The van der Waals surface area contributed by atoms with Gasteiger partial charge in [0.05, 0.1) is 16.2 Å². The van der Waals surface area contributed by atoms with E-state index in [0.29, 0.717) is 0 Å². The van der Waals surface area contributed by atoms with E-state index >= 15 is 0 Å². The summed E-state index contributed by atoms with van der Waals surface area (Å²) < 4.78 is 5.01. The molecule has 1 heterocycles. The summed E-state index contributed by atoms with van der Waals surface area (Å²) in [7, 11) is 0. The highest BCUT2D eigenvalue weighted by Gasteiger charge is 2.23. The normalized spacial score (nSPS) is 11.4. The Morgan fingerprint density at radius 1 is 1.40 bits per heavy atom. The number of esters is 1. The lowest BCUT2D eigenvalue weighted by molar-refractivity contribution is -0.384. The number of halogens is 1. The first kappa shape index (κ1) is 18.1. The van der Waals surface area contributed by atoms with Crippen molar-refractivity contribution in [2.75, 3.05) is 11.1 Å². The molecule has 1 atom stereocenters. The van der Waals surface area contributed by atoms with Gasteiger partial charge in [0, 0.05) is 24.0 Å². The number of nitro groups is 1.